The highest BCUT2D eigenvalue weighted by atomic mass is 28.3. The molecule has 1 atom stereocenters. The van der Waals surface area contributed by atoms with Crippen LogP contribution in [-0.4, -0.2) is 88.0 Å². The predicted octanol–water partition coefficient (Wildman–Crippen LogP) is 5.68. The van der Waals surface area contributed by atoms with Gasteiger partial charge in [0.25, 0.3) is 0 Å². The number of nitrogens with zero attached hydrogens (tertiary/aromatic N) is 5. The average molecular weight is 663 g/mol. The number of piperidine rings is 1. The highest BCUT2D eigenvalue weighted by Crippen LogP contribution is 2.39. The van der Waals surface area contributed by atoms with Gasteiger partial charge >= 0.3 is 19.4 Å². The lowest BCUT2D eigenvalue weighted by atomic mass is 9.78. The molecule has 5 rings (SSSR count). The first-order valence-electron chi connectivity index (χ1n) is 15.5. The molecule has 2 aliphatic heterocycles. The lowest BCUT2D eigenvalue weighted by Gasteiger charge is -2.32. The minimum absolute atomic E-state index is 0.0258. The Bertz CT molecular complexity index is 1580. The maximum Gasteiger partial charge on any atom is 0.494 e. The van der Waals surface area contributed by atoms with Crippen molar-refractivity contribution >= 4 is 43.6 Å². The molecule has 46 heavy (non-hydrogen) atoms. The van der Waals surface area contributed by atoms with Crippen LogP contribution in [0.25, 0.3) is 22.3 Å². The van der Waals surface area contributed by atoms with Crippen LogP contribution in [0.15, 0.2) is 24.4 Å². The Labute approximate surface area is 268 Å². The summed E-state index contributed by atoms with van der Waals surface area (Å²) in [6.45, 7) is 15.6. The van der Waals surface area contributed by atoms with Crippen molar-refractivity contribution in [2.45, 2.75) is 96.4 Å². The Morgan fingerprint density at radius 1 is 1.17 bits per heavy atom. The van der Waals surface area contributed by atoms with Crippen LogP contribution in [0.1, 0.15) is 46.1 Å². The van der Waals surface area contributed by atoms with E-state index in [9.17, 15) is 23.1 Å². The van der Waals surface area contributed by atoms with Crippen molar-refractivity contribution in [1.82, 2.24) is 24.6 Å². The molecule has 0 bridgehead atoms. The maximum absolute atomic E-state index is 14.4. The van der Waals surface area contributed by atoms with Crippen LogP contribution < -0.4 is 10.8 Å². The number of benzene rings is 1. The molecule has 0 radical (unpaired) electrons. The molecule has 2 fully saturated rings. The predicted molar refractivity (Wildman–Crippen MR) is 172 cm³/mol. The summed E-state index contributed by atoms with van der Waals surface area (Å²) in [6, 6.07) is 5.84. The minimum Gasteiger partial charge on any atom is -0.465 e. The van der Waals surface area contributed by atoms with Crippen molar-refractivity contribution in [3.63, 3.8) is 0 Å². The summed E-state index contributed by atoms with van der Waals surface area (Å²) in [7, 11) is -2.07. The average Bonchev–Trinajstić information content (AvgIpc) is 3.42. The van der Waals surface area contributed by atoms with Gasteiger partial charge in [0.05, 0.1) is 16.7 Å². The molecule has 0 aliphatic carbocycles. The second-order valence-electron chi connectivity index (χ2n) is 14.2. The Morgan fingerprint density at radius 2 is 1.87 bits per heavy atom. The van der Waals surface area contributed by atoms with E-state index in [4.69, 9.17) is 14.0 Å². The van der Waals surface area contributed by atoms with Gasteiger partial charge in [0.15, 0.2) is 0 Å². The number of carboxylic acid groups (broad SMARTS) is 1. The molecule has 250 valence electrons. The molecular formula is C30H42BF3N6O5Si. The number of aromatic nitrogens is 4. The number of hydrogen-bond donors (Lipinski definition) is 2. The Kier molecular flexibility index (Phi) is 9.23. The van der Waals surface area contributed by atoms with E-state index in [1.807, 2.05) is 33.8 Å². The van der Waals surface area contributed by atoms with E-state index in [1.54, 1.807) is 16.8 Å². The van der Waals surface area contributed by atoms with Gasteiger partial charge in [0.2, 0.25) is 5.95 Å². The van der Waals surface area contributed by atoms with Crippen molar-refractivity contribution in [2.24, 2.45) is 0 Å². The number of fused-ring (bicyclic) bond motifs is 1. The molecule has 0 spiro atoms. The lowest BCUT2D eigenvalue weighted by Crippen LogP contribution is -2.44. The van der Waals surface area contributed by atoms with Gasteiger partial charge in [0, 0.05) is 45.4 Å². The van der Waals surface area contributed by atoms with Gasteiger partial charge in [0.1, 0.15) is 23.7 Å². The number of hydrogen-bond acceptors (Lipinski definition) is 8. The first-order chi connectivity index (χ1) is 21.3. The van der Waals surface area contributed by atoms with Crippen LogP contribution in [0.3, 0.4) is 0 Å². The quantitative estimate of drug-likeness (QED) is 0.220. The van der Waals surface area contributed by atoms with E-state index < -0.39 is 44.2 Å². The zero-order valence-corrected chi connectivity index (χ0v) is 28.4. The van der Waals surface area contributed by atoms with E-state index in [0.29, 0.717) is 42.4 Å². The second kappa shape index (κ2) is 12.4. The van der Waals surface area contributed by atoms with Crippen molar-refractivity contribution in [2.75, 3.05) is 25.0 Å². The van der Waals surface area contributed by atoms with E-state index in [2.05, 4.69) is 40.0 Å². The number of halogens is 3. The number of rotatable bonds is 9. The molecule has 0 saturated carbocycles. The Morgan fingerprint density at radius 3 is 2.50 bits per heavy atom. The number of likely N-dealkylation sites (tertiary alicyclic amines) is 1. The Balaban J connectivity index is 1.55. The maximum atomic E-state index is 14.4. The monoisotopic (exact) mass is 662 g/mol. The first kappa shape index (κ1) is 34.1. The van der Waals surface area contributed by atoms with Crippen LogP contribution in [0.4, 0.5) is 23.9 Å². The fourth-order valence-corrected chi connectivity index (χ4v) is 6.17. The van der Waals surface area contributed by atoms with Gasteiger partial charge in [-0.2, -0.15) is 18.3 Å². The smallest absolute Gasteiger partial charge is 0.465 e. The van der Waals surface area contributed by atoms with E-state index in [1.165, 1.54) is 4.90 Å². The van der Waals surface area contributed by atoms with Gasteiger partial charge in [-0.25, -0.2) is 19.4 Å². The van der Waals surface area contributed by atoms with Crippen molar-refractivity contribution in [1.29, 1.82) is 0 Å². The highest BCUT2D eigenvalue weighted by Gasteiger charge is 2.51. The summed E-state index contributed by atoms with van der Waals surface area (Å²) in [5.41, 5.74) is -1.31. The van der Waals surface area contributed by atoms with Crippen LogP contribution in [0, 0.1) is 0 Å². The number of anilines is 1. The molecule has 2 aromatic heterocycles. The molecule has 16 heteroatoms. The zero-order valence-electron chi connectivity index (χ0n) is 27.4. The molecule has 2 aliphatic rings. The SMILES string of the molecule is CC1(C)OB(c2ccc3c(-c4nc(N[C@H]5CCCN(C(=O)O)C5)ncc4C(F)(F)F)nn(COCC[Si](C)(C)C)c3c2)OC1(C)C. The summed E-state index contributed by atoms with van der Waals surface area (Å²) in [5.74, 6) is -0.0387. The standard InChI is InChI=1S/C30H42BF3N6O5Si/c1-28(2)29(3,4)45-31(44-28)19-10-11-21-23(15-19)40(18-43-13-14-46(5,6)7)38-24(21)25-22(30(32,33)34)16-35-26(37-25)36-20-9-8-12-39(17-20)27(41)42/h10-11,15-16,20H,8-9,12-14,17-18H2,1-7H3,(H,41,42)(H,35,36,37)/t20-/m0/s1. The van der Waals surface area contributed by atoms with Crippen molar-refractivity contribution in [3.8, 4) is 11.4 Å². The van der Waals surface area contributed by atoms with Gasteiger partial charge in [-0.05, 0) is 58.1 Å². The fourth-order valence-electron chi connectivity index (χ4n) is 5.41. The van der Waals surface area contributed by atoms with Gasteiger partial charge in [-0.1, -0.05) is 31.8 Å². The van der Waals surface area contributed by atoms with E-state index in [0.717, 1.165) is 12.2 Å². The topological polar surface area (TPSA) is 124 Å². The summed E-state index contributed by atoms with van der Waals surface area (Å²) >= 11 is 0. The summed E-state index contributed by atoms with van der Waals surface area (Å²) in [5, 5.41) is 17.5. The molecular weight excluding hydrogens is 620 g/mol. The van der Waals surface area contributed by atoms with Gasteiger partial charge in [-0.3, -0.25) is 0 Å². The van der Waals surface area contributed by atoms with E-state index in [-0.39, 0.29) is 36.7 Å². The third kappa shape index (κ3) is 7.34. The fraction of sp³-hybridized carbons (Fsp3) is 0.600. The number of ether oxygens (including phenoxy) is 1. The van der Waals surface area contributed by atoms with Crippen LogP contribution in [-0.2, 0) is 27.0 Å². The molecule has 2 saturated heterocycles. The van der Waals surface area contributed by atoms with Crippen molar-refractivity contribution < 1.29 is 37.1 Å². The van der Waals surface area contributed by atoms with Gasteiger partial charge < -0.3 is 29.4 Å². The van der Waals surface area contributed by atoms with Crippen LogP contribution in [0.5, 0.6) is 0 Å². The zero-order chi connectivity index (χ0) is 33.7. The molecule has 0 unspecified atom stereocenters. The molecule has 1 amide bonds. The number of amides is 1. The molecule has 11 nitrogen and oxygen atoms in total. The Hall–Kier alpha value is -3.21. The third-order valence-electron chi connectivity index (χ3n) is 8.85. The number of alkyl halides is 3. The first-order valence-corrected chi connectivity index (χ1v) is 19.2. The van der Waals surface area contributed by atoms with Crippen molar-refractivity contribution in [3.05, 3.63) is 30.0 Å². The highest BCUT2D eigenvalue weighted by molar-refractivity contribution is 6.76. The van der Waals surface area contributed by atoms with Crippen LogP contribution in [0.2, 0.25) is 25.7 Å². The van der Waals surface area contributed by atoms with E-state index >= 15 is 0 Å². The molecule has 3 aromatic rings. The second-order valence-corrected chi connectivity index (χ2v) is 19.8. The summed E-state index contributed by atoms with van der Waals surface area (Å²) < 4.78 is 63.2. The third-order valence-corrected chi connectivity index (χ3v) is 10.6. The lowest BCUT2D eigenvalue weighted by molar-refractivity contribution is -0.137. The normalized spacial score (nSPS) is 20.0. The van der Waals surface area contributed by atoms with Gasteiger partial charge in [-0.15, -0.1) is 0 Å². The molecule has 2 N–H and O–H groups in total. The van der Waals surface area contributed by atoms with Crippen LogP contribution >= 0.6 is 0 Å². The number of nitrogens with one attached hydrogen (secondary N) is 1. The summed E-state index contributed by atoms with van der Waals surface area (Å²) in [4.78, 5) is 21.1. The minimum atomic E-state index is -4.76. The molecule has 1 aromatic carbocycles. The largest absolute Gasteiger partial charge is 0.494 e. The molecule has 4 heterocycles. The number of carbonyl (C=O) groups is 1. The summed E-state index contributed by atoms with van der Waals surface area (Å²) in [6.07, 6.45) is -3.83.